The molecule has 0 aliphatic carbocycles. The van der Waals surface area contributed by atoms with Crippen LogP contribution in [-0.2, 0) is 12.5 Å². The molecule has 1 amide bonds. The monoisotopic (exact) mass is 594 g/mol. The Balaban J connectivity index is 1.36. The molecule has 9 nitrogen and oxygen atoms in total. The van der Waals surface area contributed by atoms with Crippen LogP contribution in [0.4, 0.5) is 28.6 Å². The number of amides is 1. The lowest BCUT2D eigenvalue weighted by Crippen LogP contribution is -2.35. The molecule has 1 aromatic heterocycles. The lowest BCUT2D eigenvalue weighted by molar-refractivity contribution is 0.102. The molecule has 3 aromatic carbocycles. The van der Waals surface area contributed by atoms with Gasteiger partial charge in [0.15, 0.2) is 5.82 Å². The van der Waals surface area contributed by atoms with Gasteiger partial charge in [-0.25, -0.2) is 4.98 Å². The first kappa shape index (κ1) is 30.8. The standard InChI is InChI=1S/C35H42N6O3/c1-22-27(7-6-8-29(22)39-33(43)24-9-11-25(12-10-24)35(2,3)4)30-20-40(5)34(44)32(38-30)37-26-13-14-31(28(36)19-26)41-17-15-23(21-42)16-18-41/h6-14,19-20,23,42H,15-18,21,36H2,1-5H3,(H,37,38)(H,39,43). The van der Waals surface area contributed by atoms with Crippen LogP contribution in [0.15, 0.2) is 71.7 Å². The molecule has 1 fully saturated rings. The quantitative estimate of drug-likeness (QED) is 0.198. The normalized spacial score (nSPS) is 14.0. The maximum atomic E-state index is 13.1. The molecule has 5 rings (SSSR count). The number of nitrogens with one attached hydrogen (secondary N) is 2. The van der Waals surface area contributed by atoms with Crippen LogP contribution in [0, 0.1) is 12.8 Å². The molecule has 0 spiro atoms. The number of aliphatic hydroxyl groups is 1. The SMILES string of the molecule is Cc1c(NC(=O)c2ccc(C(C)(C)C)cc2)cccc1-c1cn(C)c(=O)c(Nc2ccc(N3CCC(CO)CC3)c(N)c2)n1. The van der Waals surface area contributed by atoms with Crippen molar-refractivity contribution >= 4 is 34.5 Å². The summed E-state index contributed by atoms with van der Waals surface area (Å²) < 4.78 is 1.50. The number of carbonyl (C=O) groups is 1. The van der Waals surface area contributed by atoms with Crippen molar-refractivity contribution in [1.29, 1.82) is 0 Å². The third kappa shape index (κ3) is 6.63. The van der Waals surface area contributed by atoms with E-state index in [0.29, 0.717) is 34.2 Å². The molecule has 1 aliphatic heterocycles. The molecule has 4 aromatic rings. The minimum atomic E-state index is -0.275. The molecule has 44 heavy (non-hydrogen) atoms. The summed E-state index contributed by atoms with van der Waals surface area (Å²) in [5.41, 5.74) is 13.0. The highest BCUT2D eigenvalue weighted by atomic mass is 16.3. The predicted octanol–water partition coefficient (Wildman–Crippen LogP) is 5.84. The average Bonchev–Trinajstić information content (AvgIpc) is 3.00. The van der Waals surface area contributed by atoms with Gasteiger partial charge in [-0.05, 0) is 78.6 Å². The Bertz CT molecular complexity index is 1710. The Morgan fingerprint density at radius 2 is 1.77 bits per heavy atom. The number of nitrogens with zero attached hydrogens (tertiary/aromatic N) is 3. The van der Waals surface area contributed by atoms with E-state index in [1.807, 2.05) is 67.6 Å². The van der Waals surface area contributed by atoms with Crippen LogP contribution >= 0.6 is 0 Å². The van der Waals surface area contributed by atoms with Gasteiger partial charge < -0.3 is 30.9 Å². The second-order valence-electron chi connectivity index (χ2n) is 12.7. The van der Waals surface area contributed by atoms with Gasteiger partial charge in [-0.2, -0.15) is 0 Å². The Morgan fingerprint density at radius 1 is 1.07 bits per heavy atom. The van der Waals surface area contributed by atoms with E-state index in [1.165, 1.54) is 4.57 Å². The first-order chi connectivity index (χ1) is 20.9. The van der Waals surface area contributed by atoms with E-state index >= 15 is 0 Å². The molecule has 0 bridgehead atoms. The van der Waals surface area contributed by atoms with Gasteiger partial charge in [0.05, 0.1) is 17.1 Å². The van der Waals surface area contributed by atoms with E-state index in [-0.39, 0.29) is 29.3 Å². The van der Waals surface area contributed by atoms with Crippen LogP contribution < -0.4 is 26.8 Å². The van der Waals surface area contributed by atoms with Crippen molar-refractivity contribution in [2.45, 2.75) is 46.0 Å². The highest BCUT2D eigenvalue weighted by molar-refractivity contribution is 6.05. The van der Waals surface area contributed by atoms with Crippen molar-refractivity contribution in [3.05, 3.63) is 93.9 Å². The Morgan fingerprint density at radius 3 is 2.41 bits per heavy atom. The topological polar surface area (TPSA) is 126 Å². The number of aliphatic hydroxyl groups excluding tert-OH is 1. The minimum Gasteiger partial charge on any atom is -0.397 e. The number of hydrogen-bond acceptors (Lipinski definition) is 7. The second-order valence-corrected chi connectivity index (χ2v) is 12.7. The van der Waals surface area contributed by atoms with Crippen molar-refractivity contribution in [2.24, 2.45) is 13.0 Å². The van der Waals surface area contributed by atoms with Gasteiger partial charge in [-0.3, -0.25) is 9.59 Å². The van der Waals surface area contributed by atoms with Crippen LogP contribution in [0.5, 0.6) is 0 Å². The zero-order valence-corrected chi connectivity index (χ0v) is 26.1. The molecule has 0 radical (unpaired) electrons. The number of benzene rings is 3. The van der Waals surface area contributed by atoms with Crippen molar-refractivity contribution in [2.75, 3.05) is 41.0 Å². The molecule has 5 N–H and O–H groups in total. The number of nitrogen functional groups attached to an aromatic ring is 1. The van der Waals surface area contributed by atoms with Gasteiger partial charge in [0.25, 0.3) is 11.5 Å². The molecule has 1 saturated heterocycles. The fourth-order valence-corrected chi connectivity index (χ4v) is 5.60. The molecule has 230 valence electrons. The van der Waals surface area contributed by atoms with Crippen LogP contribution in [0.3, 0.4) is 0 Å². The summed E-state index contributed by atoms with van der Waals surface area (Å²) in [6.45, 7) is 10.3. The van der Waals surface area contributed by atoms with Crippen molar-refractivity contribution < 1.29 is 9.90 Å². The molecule has 2 heterocycles. The lowest BCUT2D eigenvalue weighted by atomic mass is 9.86. The summed E-state index contributed by atoms with van der Waals surface area (Å²) in [4.78, 5) is 33.1. The smallest absolute Gasteiger partial charge is 0.293 e. The van der Waals surface area contributed by atoms with E-state index in [2.05, 4.69) is 36.3 Å². The first-order valence-corrected chi connectivity index (χ1v) is 15.1. The Labute approximate surface area is 258 Å². The van der Waals surface area contributed by atoms with Crippen molar-refractivity contribution in [3.8, 4) is 11.3 Å². The molecule has 0 atom stereocenters. The maximum Gasteiger partial charge on any atom is 0.293 e. The predicted molar refractivity (Wildman–Crippen MR) is 179 cm³/mol. The molecule has 0 unspecified atom stereocenters. The van der Waals surface area contributed by atoms with Crippen molar-refractivity contribution in [1.82, 2.24) is 9.55 Å². The molecule has 0 saturated carbocycles. The average molecular weight is 595 g/mol. The number of aryl methyl sites for hydroxylation is 1. The Hall–Kier alpha value is -4.63. The maximum absolute atomic E-state index is 13.1. The molecular weight excluding hydrogens is 552 g/mol. The van der Waals surface area contributed by atoms with E-state index < -0.39 is 0 Å². The van der Waals surface area contributed by atoms with Crippen LogP contribution in [0.2, 0.25) is 0 Å². The number of carbonyl (C=O) groups excluding carboxylic acids is 1. The second kappa shape index (κ2) is 12.5. The largest absolute Gasteiger partial charge is 0.397 e. The van der Waals surface area contributed by atoms with E-state index in [4.69, 9.17) is 10.7 Å². The summed E-state index contributed by atoms with van der Waals surface area (Å²) in [6, 6.07) is 19.0. The third-order valence-electron chi connectivity index (χ3n) is 8.45. The Kier molecular flexibility index (Phi) is 8.78. The van der Waals surface area contributed by atoms with E-state index in [1.54, 1.807) is 13.2 Å². The van der Waals surface area contributed by atoms with Gasteiger partial charge in [-0.15, -0.1) is 0 Å². The van der Waals surface area contributed by atoms with Gasteiger partial charge >= 0.3 is 0 Å². The van der Waals surface area contributed by atoms with E-state index in [9.17, 15) is 14.7 Å². The summed E-state index contributed by atoms with van der Waals surface area (Å²) in [7, 11) is 1.69. The molecule has 1 aliphatic rings. The summed E-state index contributed by atoms with van der Waals surface area (Å²) in [5.74, 6) is 0.323. The van der Waals surface area contributed by atoms with Gasteiger partial charge in [0.2, 0.25) is 0 Å². The fourth-order valence-electron chi connectivity index (χ4n) is 5.60. The zero-order chi connectivity index (χ0) is 31.6. The molecule has 9 heteroatoms. The first-order valence-electron chi connectivity index (χ1n) is 15.1. The van der Waals surface area contributed by atoms with Crippen LogP contribution in [-0.4, -0.2) is 40.3 Å². The van der Waals surface area contributed by atoms with E-state index in [0.717, 1.165) is 48.3 Å². The summed E-state index contributed by atoms with van der Waals surface area (Å²) in [5, 5.41) is 15.7. The number of nitrogens with two attached hydrogens (primary N) is 1. The molecular formula is C35H42N6O3. The zero-order valence-electron chi connectivity index (χ0n) is 26.1. The van der Waals surface area contributed by atoms with Crippen LogP contribution in [0.1, 0.15) is 55.1 Å². The van der Waals surface area contributed by atoms with Crippen molar-refractivity contribution in [3.63, 3.8) is 0 Å². The number of anilines is 5. The number of rotatable bonds is 7. The lowest BCUT2D eigenvalue weighted by Gasteiger charge is -2.33. The number of hydrogen-bond donors (Lipinski definition) is 4. The summed E-state index contributed by atoms with van der Waals surface area (Å²) in [6.07, 6.45) is 3.55. The van der Waals surface area contributed by atoms with Gasteiger partial charge in [0.1, 0.15) is 0 Å². The van der Waals surface area contributed by atoms with Gasteiger partial charge in [0, 0.05) is 55.4 Å². The highest BCUT2D eigenvalue weighted by Crippen LogP contribution is 2.32. The van der Waals surface area contributed by atoms with Crippen LogP contribution in [0.25, 0.3) is 11.3 Å². The third-order valence-corrected chi connectivity index (χ3v) is 8.45. The van der Waals surface area contributed by atoms with Gasteiger partial charge in [-0.1, -0.05) is 45.0 Å². The minimum absolute atomic E-state index is 0.00507. The fraction of sp³-hybridized carbons (Fsp3) is 0.343. The number of piperidine rings is 1. The summed E-state index contributed by atoms with van der Waals surface area (Å²) >= 11 is 0. The number of aromatic nitrogens is 2. The highest BCUT2D eigenvalue weighted by Gasteiger charge is 2.21.